The lowest BCUT2D eigenvalue weighted by atomic mass is 10.1. The van der Waals surface area contributed by atoms with Crippen LogP contribution in [0.5, 0.6) is 0 Å². The normalized spacial score (nSPS) is 18.6. The van der Waals surface area contributed by atoms with Crippen molar-refractivity contribution in [2.75, 3.05) is 24.7 Å². The SMILES string of the molecule is CC1CSCCN1C(=O)c1ccncc1C#CCO. The summed E-state index contributed by atoms with van der Waals surface area (Å²) in [7, 11) is 0. The Bertz CT molecular complexity index is 522. The van der Waals surface area contributed by atoms with Crippen molar-refractivity contribution < 1.29 is 9.90 Å². The first kappa shape index (κ1) is 13.9. The van der Waals surface area contributed by atoms with E-state index >= 15 is 0 Å². The number of nitrogens with zero attached hydrogens (tertiary/aromatic N) is 2. The van der Waals surface area contributed by atoms with Crippen LogP contribution < -0.4 is 0 Å². The first-order valence-electron chi connectivity index (χ1n) is 6.16. The second kappa shape index (κ2) is 6.60. The fraction of sp³-hybridized carbons (Fsp3) is 0.429. The van der Waals surface area contributed by atoms with Gasteiger partial charge in [0.15, 0.2) is 0 Å². The average molecular weight is 276 g/mol. The van der Waals surface area contributed by atoms with Crippen LogP contribution in [0.3, 0.4) is 0 Å². The summed E-state index contributed by atoms with van der Waals surface area (Å²) in [6, 6.07) is 1.93. The molecule has 1 saturated heterocycles. The van der Waals surface area contributed by atoms with Crippen molar-refractivity contribution in [3.8, 4) is 11.8 Å². The molecule has 1 aliphatic heterocycles. The fourth-order valence-corrected chi connectivity index (χ4v) is 3.01. The predicted octanol–water partition coefficient (Wildman–Crippen LogP) is 1.00. The third-order valence-corrected chi connectivity index (χ3v) is 4.17. The maximum Gasteiger partial charge on any atom is 0.255 e. The van der Waals surface area contributed by atoms with E-state index in [2.05, 4.69) is 23.7 Å². The van der Waals surface area contributed by atoms with Crippen LogP contribution >= 0.6 is 11.8 Å². The van der Waals surface area contributed by atoms with Crippen molar-refractivity contribution in [1.82, 2.24) is 9.88 Å². The van der Waals surface area contributed by atoms with Crippen molar-refractivity contribution >= 4 is 17.7 Å². The van der Waals surface area contributed by atoms with E-state index in [1.54, 1.807) is 18.5 Å². The Kier molecular flexibility index (Phi) is 4.83. The number of aliphatic hydroxyl groups is 1. The Morgan fingerprint density at radius 2 is 2.53 bits per heavy atom. The number of rotatable bonds is 1. The van der Waals surface area contributed by atoms with Crippen LogP contribution in [0.2, 0.25) is 0 Å². The largest absolute Gasteiger partial charge is 0.384 e. The molecule has 100 valence electrons. The molecular weight excluding hydrogens is 260 g/mol. The summed E-state index contributed by atoms with van der Waals surface area (Å²) < 4.78 is 0. The number of thioether (sulfide) groups is 1. The van der Waals surface area contributed by atoms with E-state index in [1.807, 2.05) is 16.7 Å². The first-order chi connectivity index (χ1) is 9.24. The minimum Gasteiger partial charge on any atom is -0.384 e. The van der Waals surface area contributed by atoms with Crippen LogP contribution in [-0.2, 0) is 0 Å². The van der Waals surface area contributed by atoms with Crippen LogP contribution in [0.4, 0.5) is 0 Å². The van der Waals surface area contributed by atoms with Crippen LogP contribution in [0.1, 0.15) is 22.8 Å². The molecule has 1 amide bonds. The number of pyridine rings is 1. The van der Waals surface area contributed by atoms with Gasteiger partial charge in [-0.3, -0.25) is 9.78 Å². The molecule has 1 fully saturated rings. The number of carbonyl (C=O) groups is 1. The van der Waals surface area contributed by atoms with Crippen LogP contribution in [0.25, 0.3) is 0 Å². The van der Waals surface area contributed by atoms with Gasteiger partial charge in [-0.25, -0.2) is 0 Å². The van der Waals surface area contributed by atoms with Crippen molar-refractivity contribution in [2.24, 2.45) is 0 Å². The van der Waals surface area contributed by atoms with Gasteiger partial charge in [-0.2, -0.15) is 11.8 Å². The van der Waals surface area contributed by atoms with Gasteiger partial charge in [-0.05, 0) is 13.0 Å². The highest BCUT2D eigenvalue weighted by molar-refractivity contribution is 7.99. The quantitative estimate of drug-likeness (QED) is 0.778. The smallest absolute Gasteiger partial charge is 0.255 e. The highest BCUT2D eigenvalue weighted by atomic mass is 32.2. The van der Waals surface area contributed by atoms with Gasteiger partial charge in [0.05, 0.1) is 11.1 Å². The molecular formula is C14H16N2O2S. The van der Waals surface area contributed by atoms with Crippen molar-refractivity contribution in [2.45, 2.75) is 13.0 Å². The fourth-order valence-electron chi connectivity index (χ4n) is 2.00. The summed E-state index contributed by atoms with van der Waals surface area (Å²) in [5, 5.41) is 8.76. The summed E-state index contributed by atoms with van der Waals surface area (Å²) in [5.41, 5.74) is 1.14. The Labute approximate surface area is 117 Å². The molecule has 1 unspecified atom stereocenters. The summed E-state index contributed by atoms with van der Waals surface area (Å²) in [4.78, 5) is 18.4. The standard InChI is InChI=1S/C14H16N2O2S/c1-11-10-19-8-6-16(11)14(18)13-4-5-15-9-12(13)3-2-7-17/h4-5,9,11,17H,6-8,10H2,1H3. The number of amides is 1. The summed E-state index contributed by atoms with van der Waals surface area (Å²) >= 11 is 1.87. The van der Waals surface area contributed by atoms with Crippen LogP contribution in [0, 0.1) is 11.8 Å². The maximum atomic E-state index is 12.6. The van der Waals surface area contributed by atoms with Crippen LogP contribution in [-0.4, -0.2) is 51.6 Å². The molecule has 1 atom stereocenters. The average Bonchev–Trinajstić information content (AvgIpc) is 2.45. The zero-order valence-electron chi connectivity index (χ0n) is 10.8. The molecule has 0 aliphatic carbocycles. The van der Waals surface area contributed by atoms with E-state index in [9.17, 15) is 4.79 Å². The molecule has 4 nitrogen and oxygen atoms in total. The second-order valence-electron chi connectivity index (χ2n) is 4.30. The van der Waals surface area contributed by atoms with Gasteiger partial charge < -0.3 is 10.0 Å². The van der Waals surface area contributed by atoms with Gasteiger partial charge in [0.2, 0.25) is 0 Å². The molecule has 1 aromatic heterocycles. The highest BCUT2D eigenvalue weighted by Crippen LogP contribution is 2.19. The number of hydrogen-bond donors (Lipinski definition) is 1. The van der Waals surface area contributed by atoms with Crippen molar-refractivity contribution in [3.63, 3.8) is 0 Å². The molecule has 5 heteroatoms. The molecule has 0 radical (unpaired) electrons. The second-order valence-corrected chi connectivity index (χ2v) is 5.45. The number of aromatic nitrogens is 1. The molecule has 19 heavy (non-hydrogen) atoms. The Morgan fingerprint density at radius 3 is 3.26 bits per heavy atom. The van der Waals surface area contributed by atoms with E-state index in [0.29, 0.717) is 11.1 Å². The van der Waals surface area contributed by atoms with E-state index in [1.165, 1.54) is 0 Å². The van der Waals surface area contributed by atoms with Crippen molar-refractivity contribution in [3.05, 3.63) is 29.6 Å². The lowest BCUT2D eigenvalue weighted by Gasteiger charge is -2.33. The summed E-state index contributed by atoms with van der Waals surface area (Å²) in [6.07, 6.45) is 3.17. The minimum absolute atomic E-state index is 0.00237. The Balaban J connectivity index is 2.27. The molecule has 2 heterocycles. The van der Waals surface area contributed by atoms with Gasteiger partial charge in [0.25, 0.3) is 5.91 Å². The summed E-state index contributed by atoms with van der Waals surface area (Å²) in [6.45, 7) is 2.60. The predicted molar refractivity (Wildman–Crippen MR) is 76.0 cm³/mol. The van der Waals surface area contributed by atoms with Crippen molar-refractivity contribution in [1.29, 1.82) is 0 Å². The molecule has 1 aromatic rings. The maximum absolute atomic E-state index is 12.6. The molecule has 0 spiro atoms. The molecule has 2 rings (SSSR count). The van der Waals surface area contributed by atoms with Gasteiger partial charge in [-0.1, -0.05) is 11.8 Å². The van der Waals surface area contributed by atoms with E-state index in [-0.39, 0.29) is 18.6 Å². The molecule has 1 N–H and O–H groups in total. The molecule has 1 aliphatic rings. The lowest BCUT2D eigenvalue weighted by molar-refractivity contribution is 0.0715. The Morgan fingerprint density at radius 1 is 1.68 bits per heavy atom. The number of hydrogen-bond acceptors (Lipinski definition) is 4. The number of carbonyl (C=O) groups excluding carboxylic acids is 1. The molecule has 0 bridgehead atoms. The van der Waals surface area contributed by atoms with E-state index in [4.69, 9.17) is 5.11 Å². The third-order valence-electron chi connectivity index (χ3n) is 2.98. The highest BCUT2D eigenvalue weighted by Gasteiger charge is 2.25. The monoisotopic (exact) mass is 276 g/mol. The number of aliphatic hydroxyl groups excluding tert-OH is 1. The van der Waals surface area contributed by atoms with E-state index < -0.39 is 0 Å². The third kappa shape index (κ3) is 3.28. The zero-order chi connectivity index (χ0) is 13.7. The minimum atomic E-state index is -0.223. The van der Waals surface area contributed by atoms with E-state index in [0.717, 1.165) is 18.1 Å². The van der Waals surface area contributed by atoms with Gasteiger partial charge in [0, 0.05) is 36.5 Å². The lowest BCUT2D eigenvalue weighted by Crippen LogP contribution is -2.44. The topological polar surface area (TPSA) is 53.4 Å². The van der Waals surface area contributed by atoms with Gasteiger partial charge in [0.1, 0.15) is 6.61 Å². The zero-order valence-corrected chi connectivity index (χ0v) is 11.6. The molecule has 0 saturated carbocycles. The first-order valence-corrected chi connectivity index (χ1v) is 7.32. The summed E-state index contributed by atoms with van der Waals surface area (Å²) in [5.74, 6) is 7.28. The van der Waals surface area contributed by atoms with Crippen LogP contribution in [0.15, 0.2) is 18.5 Å². The molecule has 0 aromatic carbocycles. The Hall–Kier alpha value is -1.51. The van der Waals surface area contributed by atoms with Gasteiger partial charge >= 0.3 is 0 Å². The van der Waals surface area contributed by atoms with Gasteiger partial charge in [-0.15, -0.1) is 0 Å².